The first-order valence-electron chi connectivity index (χ1n) is 20.0. The minimum Gasteiger partial charge on any atom is -0.309 e. The molecule has 0 unspecified atom stereocenters. The molecule has 0 saturated carbocycles. The molecule has 0 spiro atoms. The number of rotatable bonds is 4. The molecule has 13 aromatic rings. The van der Waals surface area contributed by atoms with Crippen LogP contribution in [0.4, 0.5) is 0 Å². The fourth-order valence-corrected chi connectivity index (χ4v) is 10.0. The molecule has 0 aliphatic rings. The van der Waals surface area contributed by atoms with Gasteiger partial charge in [-0.3, -0.25) is 0 Å². The average molecular weight is 739 g/mol. The maximum atomic E-state index is 2.46. The number of hydrogen-bond acceptors (Lipinski definition) is 0. The van der Waals surface area contributed by atoms with Gasteiger partial charge in [0, 0.05) is 65.8 Å². The molecule has 4 heteroatoms. The number of para-hydroxylation sites is 6. The van der Waals surface area contributed by atoms with E-state index in [1.807, 2.05) is 0 Å². The van der Waals surface area contributed by atoms with Gasteiger partial charge in [0.15, 0.2) is 0 Å². The monoisotopic (exact) mass is 738 g/mol. The SMILES string of the molecule is c1ccc(-n2c3ccccc3c3ccc4c(c5ccccc5n4-c4cccc(-n5c6ccccc6c6c5ccc5c7ccccc7n(-c7ccccc7)c56)c4)c32)cc1. The summed E-state index contributed by atoms with van der Waals surface area (Å²) < 4.78 is 9.82. The third kappa shape index (κ3) is 4.18. The van der Waals surface area contributed by atoms with Crippen LogP contribution in [0.2, 0.25) is 0 Å². The Morgan fingerprint density at radius 1 is 0.207 bits per heavy atom. The lowest BCUT2D eigenvalue weighted by Gasteiger charge is -2.13. The van der Waals surface area contributed by atoms with Crippen molar-refractivity contribution >= 4 is 87.2 Å². The first kappa shape index (κ1) is 31.4. The van der Waals surface area contributed by atoms with Gasteiger partial charge < -0.3 is 18.3 Å². The lowest BCUT2D eigenvalue weighted by Crippen LogP contribution is -1.99. The Kier molecular flexibility index (Phi) is 6.41. The van der Waals surface area contributed by atoms with Crippen molar-refractivity contribution in [1.29, 1.82) is 0 Å². The highest BCUT2D eigenvalue weighted by atomic mass is 15.0. The van der Waals surface area contributed by atoms with Crippen LogP contribution in [0.1, 0.15) is 0 Å². The van der Waals surface area contributed by atoms with E-state index < -0.39 is 0 Å². The van der Waals surface area contributed by atoms with Gasteiger partial charge >= 0.3 is 0 Å². The van der Waals surface area contributed by atoms with Crippen LogP contribution in [-0.4, -0.2) is 18.3 Å². The number of benzene rings is 9. The summed E-state index contributed by atoms with van der Waals surface area (Å²) in [6, 6.07) is 75.3. The molecule has 4 aromatic heterocycles. The van der Waals surface area contributed by atoms with E-state index in [-0.39, 0.29) is 0 Å². The topological polar surface area (TPSA) is 19.7 Å². The highest BCUT2D eigenvalue weighted by molar-refractivity contribution is 6.27. The van der Waals surface area contributed by atoms with Crippen LogP contribution < -0.4 is 0 Å². The van der Waals surface area contributed by atoms with Crippen LogP contribution in [0.25, 0.3) is 110 Å². The van der Waals surface area contributed by atoms with Crippen LogP contribution in [0, 0.1) is 0 Å². The lowest BCUT2D eigenvalue weighted by atomic mass is 10.1. The molecular weight excluding hydrogens is 705 g/mol. The molecule has 9 aromatic carbocycles. The zero-order valence-electron chi connectivity index (χ0n) is 31.4. The Labute approximate surface area is 333 Å². The molecule has 58 heavy (non-hydrogen) atoms. The fraction of sp³-hybridized carbons (Fsp3) is 0. The second kappa shape index (κ2) is 11.8. The van der Waals surface area contributed by atoms with Gasteiger partial charge in [-0.05, 0) is 78.9 Å². The van der Waals surface area contributed by atoms with Gasteiger partial charge in [0.05, 0.1) is 44.1 Å². The van der Waals surface area contributed by atoms with Crippen LogP contribution in [0.5, 0.6) is 0 Å². The van der Waals surface area contributed by atoms with E-state index in [0.717, 1.165) is 22.7 Å². The Morgan fingerprint density at radius 3 is 0.983 bits per heavy atom. The number of aromatic nitrogens is 4. The molecule has 0 N–H and O–H groups in total. The zero-order valence-corrected chi connectivity index (χ0v) is 31.4. The van der Waals surface area contributed by atoms with Crippen LogP contribution in [-0.2, 0) is 0 Å². The van der Waals surface area contributed by atoms with Gasteiger partial charge in [0.2, 0.25) is 0 Å². The highest BCUT2D eigenvalue weighted by Gasteiger charge is 2.23. The maximum absolute atomic E-state index is 2.46. The Morgan fingerprint density at radius 2 is 0.552 bits per heavy atom. The van der Waals surface area contributed by atoms with Gasteiger partial charge in [-0.2, -0.15) is 0 Å². The summed E-state index contributed by atoms with van der Waals surface area (Å²) in [5.74, 6) is 0. The van der Waals surface area contributed by atoms with Gasteiger partial charge in [0.25, 0.3) is 0 Å². The van der Waals surface area contributed by atoms with Crippen molar-refractivity contribution in [2.24, 2.45) is 0 Å². The van der Waals surface area contributed by atoms with Crippen LogP contribution >= 0.6 is 0 Å². The molecule has 0 bridgehead atoms. The minimum absolute atomic E-state index is 1.12. The minimum atomic E-state index is 1.12. The Balaban J connectivity index is 1.11. The van der Waals surface area contributed by atoms with Gasteiger partial charge in [0.1, 0.15) is 0 Å². The summed E-state index contributed by atoms with van der Waals surface area (Å²) in [7, 11) is 0. The molecule has 0 radical (unpaired) electrons. The predicted octanol–water partition coefficient (Wildman–Crippen LogP) is 14.1. The average Bonchev–Trinajstić information content (AvgIpc) is 4.02. The predicted molar refractivity (Wildman–Crippen MR) is 244 cm³/mol. The van der Waals surface area contributed by atoms with E-state index in [9.17, 15) is 0 Å². The molecule has 270 valence electrons. The molecule has 4 nitrogen and oxygen atoms in total. The summed E-state index contributed by atoms with van der Waals surface area (Å²) in [5, 5.41) is 10.0. The third-order valence-corrected chi connectivity index (χ3v) is 12.3. The summed E-state index contributed by atoms with van der Waals surface area (Å²) in [5.41, 5.74) is 14.2. The molecule has 4 heterocycles. The van der Waals surface area contributed by atoms with E-state index in [1.54, 1.807) is 0 Å². The second-order valence-electron chi connectivity index (χ2n) is 15.3. The molecule has 13 rings (SSSR count). The number of hydrogen-bond donors (Lipinski definition) is 0. The Bertz CT molecular complexity index is 3540. The largest absolute Gasteiger partial charge is 0.309 e. The van der Waals surface area contributed by atoms with Gasteiger partial charge in [-0.1, -0.05) is 127 Å². The van der Waals surface area contributed by atoms with Crippen LogP contribution in [0.15, 0.2) is 206 Å². The van der Waals surface area contributed by atoms with Crippen LogP contribution in [0.3, 0.4) is 0 Å². The van der Waals surface area contributed by atoms with Crippen molar-refractivity contribution in [3.05, 3.63) is 206 Å². The Hall–Kier alpha value is -7.82. The molecule has 0 aliphatic heterocycles. The molecule has 0 aliphatic carbocycles. The summed E-state index contributed by atoms with van der Waals surface area (Å²) >= 11 is 0. The van der Waals surface area contributed by atoms with E-state index in [2.05, 4.69) is 225 Å². The van der Waals surface area contributed by atoms with Crippen molar-refractivity contribution < 1.29 is 0 Å². The summed E-state index contributed by atoms with van der Waals surface area (Å²) in [4.78, 5) is 0. The molecule has 0 fully saturated rings. The normalized spacial score (nSPS) is 12.1. The number of fused-ring (bicyclic) bond motifs is 14. The van der Waals surface area contributed by atoms with Crippen molar-refractivity contribution in [2.75, 3.05) is 0 Å². The highest BCUT2D eigenvalue weighted by Crippen LogP contribution is 2.44. The summed E-state index contributed by atoms with van der Waals surface area (Å²) in [6.07, 6.45) is 0. The molecule has 0 saturated heterocycles. The van der Waals surface area contributed by atoms with Gasteiger partial charge in [-0.25, -0.2) is 0 Å². The first-order valence-corrected chi connectivity index (χ1v) is 20.0. The lowest BCUT2D eigenvalue weighted by molar-refractivity contribution is 1.13. The maximum Gasteiger partial charge on any atom is 0.0641 e. The molecule has 0 amide bonds. The fourth-order valence-electron chi connectivity index (χ4n) is 10.0. The zero-order chi connectivity index (χ0) is 37.9. The smallest absolute Gasteiger partial charge is 0.0641 e. The summed E-state index contributed by atoms with van der Waals surface area (Å²) in [6.45, 7) is 0. The molecular formula is C54H34N4. The second-order valence-corrected chi connectivity index (χ2v) is 15.3. The van der Waals surface area contributed by atoms with E-state index >= 15 is 0 Å². The van der Waals surface area contributed by atoms with Crippen molar-refractivity contribution in [3.8, 4) is 22.7 Å². The van der Waals surface area contributed by atoms with Crippen molar-refractivity contribution in [2.45, 2.75) is 0 Å². The number of nitrogens with zero attached hydrogens (tertiary/aromatic N) is 4. The van der Waals surface area contributed by atoms with E-state index in [0.29, 0.717) is 0 Å². The quantitative estimate of drug-likeness (QED) is 0.171. The van der Waals surface area contributed by atoms with E-state index in [4.69, 9.17) is 0 Å². The van der Waals surface area contributed by atoms with E-state index in [1.165, 1.54) is 87.2 Å². The van der Waals surface area contributed by atoms with Gasteiger partial charge in [-0.15, -0.1) is 0 Å². The molecule has 0 atom stereocenters. The van der Waals surface area contributed by atoms with Crippen molar-refractivity contribution in [1.82, 2.24) is 18.3 Å². The first-order chi connectivity index (χ1) is 28.8. The van der Waals surface area contributed by atoms with Crippen molar-refractivity contribution in [3.63, 3.8) is 0 Å². The third-order valence-electron chi connectivity index (χ3n) is 12.3. The standard InChI is InChI=1S/C54H34N4/c1-3-16-35(17-4-1)57-45-26-11-7-22-39(45)41-30-32-49-51(53(41)57)43-24-9-13-28-47(43)55(49)37-20-15-21-38(34-37)56-48-29-14-10-25-44(48)52-50(56)33-31-42-40-23-8-12-27-46(40)58(54(42)52)36-18-5-2-6-19-36/h1-34H.